The second-order valence-electron chi connectivity index (χ2n) is 4.08. The Morgan fingerprint density at radius 2 is 2.54 bits per heavy atom. The summed E-state index contributed by atoms with van der Waals surface area (Å²) in [5.41, 5.74) is 5.75. The third-order valence-corrected chi connectivity index (χ3v) is 3.34. The number of amides is 1. The van der Waals surface area contributed by atoms with Gasteiger partial charge in [0.15, 0.2) is 0 Å². The first-order valence-corrected chi connectivity index (χ1v) is 4.81. The van der Waals surface area contributed by atoms with Crippen molar-refractivity contribution in [3.8, 4) is 0 Å². The van der Waals surface area contributed by atoms with Crippen molar-refractivity contribution in [2.24, 2.45) is 17.1 Å². The maximum absolute atomic E-state index is 11.3. The Balaban J connectivity index is 2.14. The molecule has 74 valence electrons. The maximum atomic E-state index is 11.3. The maximum Gasteiger partial charge on any atom is 0.220 e. The van der Waals surface area contributed by atoms with Crippen molar-refractivity contribution in [2.45, 2.75) is 12.8 Å². The summed E-state index contributed by atoms with van der Waals surface area (Å²) < 4.78 is 5.38. The Hall–Kier alpha value is -0.610. The number of carbonyl (C=O) groups excluding carboxylic acids is 1. The van der Waals surface area contributed by atoms with Gasteiger partial charge < -0.3 is 15.8 Å². The van der Waals surface area contributed by atoms with Crippen molar-refractivity contribution < 1.29 is 9.53 Å². The van der Waals surface area contributed by atoms with E-state index in [2.05, 4.69) is 5.32 Å². The quantitative estimate of drug-likeness (QED) is 0.577. The van der Waals surface area contributed by atoms with Crippen molar-refractivity contribution in [3.05, 3.63) is 0 Å². The van der Waals surface area contributed by atoms with Gasteiger partial charge in [-0.15, -0.1) is 0 Å². The molecule has 2 saturated heterocycles. The lowest BCUT2D eigenvalue weighted by Gasteiger charge is -2.39. The highest BCUT2D eigenvalue weighted by Gasteiger charge is 2.45. The number of ether oxygens (including phenoxy) is 1. The molecule has 2 aliphatic rings. The van der Waals surface area contributed by atoms with Gasteiger partial charge in [0, 0.05) is 25.0 Å². The normalized spacial score (nSPS) is 39.5. The van der Waals surface area contributed by atoms with Crippen LogP contribution in [0.25, 0.3) is 0 Å². The van der Waals surface area contributed by atoms with Crippen molar-refractivity contribution >= 4 is 5.91 Å². The van der Waals surface area contributed by atoms with Crippen LogP contribution in [0.1, 0.15) is 12.8 Å². The van der Waals surface area contributed by atoms with Crippen LogP contribution in [-0.4, -0.2) is 32.2 Å². The summed E-state index contributed by atoms with van der Waals surface area (Å²) in [6.07, 6.45) is 1.58. The SMILES string of the molecule is NCC1CNC(=O)CC12CCOC2. The van der Waals surface area contributed by atoms with E-state index in [1.54, 1.807) is 0 Å². The first kappa shape index (κ1) is 8.97. The summed E-state index contributed by atoms with van der Waals surface area (Å²) in [5.74, 6) is 0.544. The molecule has 0 aromatic rings. The van der Waals surface area contributed by atoms with Crippen LogP contribution >= 0.6 is 0 Å². The smallest absolute Gasteiger partial charge is 0.220 e. The largest absolute Gasteiger partial charge is 0.381 e. The van der Waals surface area contributed by atoms with E-state index in [-0.39, 0.29) is 11.3 Å². The molecule has 1 spiro atoms. The number of hydrogen-bond acceptors (Lipinski definition) is 3. The van der Waals surface area contributed by atoms with Gasteiger partial charge >= 0.3 is 0 Å². The Kier molecular flexibility index (Phi) is 2.26. The average molecular weight is 184 g/mol. The molecule has 1 amide bonds. The zero-order chi connectivity index (χ0) is 9.31. The van der Waals surface area contributed by atoms with E-state index in [1.165, 1.54) is 0 Å². The number of hydrogen-bond donors (Lipinski definition) is 2. The molecule has 2 aliphatic heterocycles. The van der Waals surface area contributed by atoms with Crippen LogP contribution in [0.15, 0.2) is 0 Å². The standard InChI is InChI=1S/C9H16N2O2/c10-4-7-5-11-8(12)3-9(7)1-2-13-6-9/h7H,1-6,10H2,(H,11,12). The molecule has 4 nitrogen and oxygen atoms in total. The van der Waals surface area contributed by atoms with E-state index in [9.17, 15) is 4.79 Å². The first-order chi connectivity index (χ1) is 6.27. The Morgan fingerprint density at radius 1 is 1.69 bits per heavy atom. The molecule has 2 fully saturated rings. The van der Waals surface area contributed by atoms with Crippen molar-refractivity contribution in [2.75, 3.05) is 26.3 Å². The second kappa shape index (κ2) is 3.27. The Bertz CT molecular complexity index is 212. The number of rotatable bonds is 1. The first-order valence-electron chi connectivity index (χ1n) is 4.81. The molecule has 2 heterocycles. The molecule has 3 N–H and O–H groups in total. The van der Waals surface area contributed by atoms with Crippen molar-refractivity contribution in [1.29, 1.82) is 0 Å². The molecular formula is C9H16N2O2. The molecule has 4 heteroatoms. The molecular weight excluding hydrogens is 168 g/mol. The molecule has 0 aromatic heterocycles. The van der Waals surface area contributed by atoms with Gasteiger partial charge in [0.2, 0.25) is 5.91 Å². The Labute approximate surface area is 77.8 Å². The highest BCUT2D eigenvalue weighted by molar-refractivity contribution is 5.77. The summed E-state index contributed by atoms with van der Waals surface area (Å²) in [4.78, 5) is 11.3. The van der Waals surface area contributed by atoms with E-state index in [0.717, 1.165) is 19.6 Å². The van der Waals surface area contributed by atoms with Gasteiger partial charge in [0.05, 0.1) is 6.61 Å². The molecule has 2 rings (SSSR count). The van der Waals surface area contributed by atoms with Gasteiger partial charge in [-0.2, -0.15) is 0 Å². The van der Waals surface area contributed by atoms with Crippen LogP contribution in [0.3, 0.4) is 0 Å². The van der Waals surface area contributed by atoms with Gasteiger partial charge in [-0.1, -0.05) is 0 Å². The number of carbonyl (C=O) groups is 1. The highest BCUT2D eigenvalue weighted by Crippen LogP contribution is 2.41. The summed E-state index contributed by atoms with van der Waals surface area (Å²) in [7, 11) is 0. The van der Waals surface area contributed by atoms with E-state index in [4.69, 9.17) is 10.5 Å². The van der Waals surface area contributed by atoms with Gasteiger partial charge in [-0.3, -0.25) is 4.79 Å². The van der Waals surface area contributed by atoms with Crippen LogP contribution in [0.4, 0.5) is 0 Å². The van der Waals surface area contributed by atoms with Crippen LogP contribution in [0.5, 0.6) is 0 Å². The zero-order valence-corrected chi connectivity index (χ0v) is 7.71. The summed E-state index contributed by atoms with van der Waals surface area (Å²) in [5, 5.41) is 2.86. The van der Waals surface area contributed by atoms with Crippen LogP contribution < -0.4 is 11.1 Å². The lowest BCUT2D eigenvalue weighted by Crippen LogP contribution is -2.51. The fraction of sp³-hybridized carbons (Fsp3) is 0.889. The van der Waals surface area contributed by atoms with Crippen molar-refractivity contribution in [1.82, 2.24) is 5.32 Å². The third kappa shape index (κ3) is 1.44. The minimum absolute atomic E-state index is 0.0527. The molecule has 2 unspecified atom stereocenters. The monoisotopic (exact) mass is 184 g/mol. The average Bonchev–Trinajstić information content (AvgIpc) is 2.54. The van der Waals surface area contributed by atoms with Crippen LogP contribution in [-0.2, 0) is 9.53 Å². The van der Waals surface area contributed by atoms with E-state index >= 15 is 0 Å². The number of piperidine rings is 1. The molecule has 0 saturated carbocycles. The topological polar surface area (TPSA) is 64.3 Å². The fourth-order valence-electron chi connectivity index (χ4n) is 2.40. The predicted molar refractivity (Wildman–Crippen MR) is 48.0 cm³/mol. The fourth-order valence-corrected chi connectivity index (χ4v) is 2.40. The molecule has 0 bridgehead atoms. The zero-order valence-electron chi connectivity index (χ0n) is 7.71. The molecule has 2 atom stereocenters. The van der Waals surface area contributed by atoms with Crippen LogP contribution in [0.2, 0.25) is 0 Å². The molecule has 0 aliphatic carbocycles. The highest BCUT2D eigenvalue weighted by atomic mass is 16.5. The Morgan fingerprint density at radius 3 is 3.15 bits per heavy atom. The van der Waals surface area contributed by atoms with Crippen molar-refractivity contribution in [3.63, 3.8) is 0 Å². The summed E-state index contributed by atoms with van der Waals surface area (Å²) >= 11 is 0. The van der Waals surface area contributed by atoms with Gasteiger partial charge in [0.25, 0.3) is 0 Å². The van der Waals surface area contributed by atoms with Gasteiger partial charge in [0.1, 0.15) is 0 Å². The molecule has 0 radical (unpaired) electrons. The lowest BCUT2D eigenvalue weighted by atomic mass is 9.70. The summed E-state index contributed by atoms with van der Waals surface area (Å²) in [6, 6.07) is 0. The van der Waals surface area contributed by atoms with E-state index in [0.29, 0.717) is 25.5 Å². The lowest BCUT2D eigenvalue weighted by molar-refractivity contribution is -0.127. The molecule has 13 heavy (non-hydrogen) atoms. The minimum atomic E-state index is 0.0527. The third-order valence-electron chi connectivity index (χ3n) is 3.34. The van der Waals surface area contributed by atoms with Crippen LogP contribution in [0, 0.1) is 11.3 Å². The van der Waals surface area contributed by atoms with E-state index in [1.807, 2.05) is 0 Å². The second-order valence-corrected chi connectivity index (χ2v) is 4.08. The van der Waals surface area contributed by atoms with Gasteiger partial charge in [-0.25, -0.2) is 0 Å². The molecule has 0 aromatic carbocycles. The number of nitrogens with one attached hydrogen (secondary N) is 1. The summed E-state index contributed by atoms with van der Waals surface area (Å²) in [6.45, 7) is 2.86. The predicted octanol–water partition coefficient (Wildman–Crippen LogP) is -0.512. The number of nitrogens with two attached hydrogens (primary N) is 1. The van der Waals surface area contributed by atoms with E-state index < -0.39 is 0 Å². The van der Waals surface area contributed by atoms with Gasteiger partial charge in [-0.05, 0) is 18.9 Å². The minimum Gasteiger partial charge on any atom is -0.381 e.